The number of amides is 2. The minimum Gasteiger partial charge on any atom is -0.347 e. The molecule has 31 heavy (non-hydrogen) atoms. The molecule has 0 unspecified atom stereocenters. The van der Waals surface area contributed by atoms with Crippen molar-refractivity contribution in [2.45, 2.75) is 44.0 Å². The fraction of sp³-hybridized carbons (Fsp3) is 0.364. The average Bonchev–Trinajstić information content (AvgIpc) is 3.23. The Morgan fingerprint density at radius 1 is 0.968 bits per heavy atom. The maximum absolute atomic E-state index is 12.8. The number of halogens is 1. The van der Waals surface area contributed by atoms with Crippen LogP contribution in [0.2, 0.25) is 5.02 Å². The Bertz CT molecular complexity index is 1090. The van der Waals surface area contributed by atoms with Crippen LogP contribution in [0.5, 0.6) is 0 Å². The summed E-state index contributed by atoms with van der Waals surface area (Å²) in [5, 5.41) is 5.72. The molecule has 1 heterocycles. The molecule has 1 saturated heterocycles. The first-order valence-electron chi connectivity index (χ1n) is 10.0. The average molecular weight is 464 g/mol. The molecule has 9 heteroatoms. The van der Waals surface area contributed by atoms with Gasteiger partial charge in [0.15, 0.2) is 0 Å². The van der Waals surface area contributed by atoms with E-state index in [1.54, 1.807) is 24.3 Å². The third kappa shape index (κ3) is 5.64. The van der Waals surface area contributed by atoms with Crippen LogP contribution in [-0.4, -0.2) is 43.2 Å². The molecule has 0 bridgehead atoms. The fourth-order valence-corrected chi connectivity index (χ4v) is 4.98. The molecule has 1 aliphatic rings. The van der Waals surface area contributed by atoms with Gasteiger partial charge in [-0.05, 0) is 76.1 Å². The molecule has 1 fully saturated rings. The topological polar surface area (TPSA) is 95.6 Å². The first kappa shape index (κ1) is 23.2. The molecule has 2 N–H and O–H groups in total. The predicted molar refractivity (Wildman–Crippen MR) is 121 cm³/mol. The Hall–Kier alpha value is -2.42. The van der Waals surface area contributed by atoms with Gasteiger partial charge in [-0.25, -0.2) is 8.42 Å². The van der Waals surface area contributed by atoms with E-state index in [9.17, 15) is 18.0 Å². The summed E-state index contributed by atoms with van der Waals surface area (Å²) in [6.45, 7) is 6.62. The van der Waals surface area contributed by atoms with Crippen molar-refractivity contribution in [2.24, 2.45) is 0 Å². The van der Waals surface area contributed by atoms with E-state index in [-0.39, 0.29) is 26.9 Å². The van der Waals surface area contributed by atoms with Gasteiger partial charge in [-0.1, -0.05) is 11.6 Å². The van der Waals surface area contributed by atoms with Gasteiger partial charge in [-0.15, -0.1) is 0 Å². The summed E-state index contributed by atoms with van der Waals surface area (Å²) >= 11 is 6.17. The van der Waals surface area contributed by atoms with Crippen molar-refractivity contribution in [1.29, 1.82) is 0 Å². The minimum atomic E-state index is -3.66. The number of carbonyl (C=O) groups excluding carboxylic acids is 2. The zero-order valence-electron chi connectivity index (χ0n) is 17.7. The smallest absolute Gasteiger partial charge is 0.257 e. The molecule has 0 spiro atoms. The number of carbonyl (C=O) groups is 2. The van der Waals surface area contributed by atoms with Gasteiger partial charge in [0, 0.05) is 29.9 Å². The summed E-state index contributed by atoms with van der Waals surface area (Å²) in [7, 11) is -3.66. The Kier molecular flexibility index (Phi) is 6.73. The highest BCUT2D eigenvalue weighted by Crippen LogP contribution is 2.26. The number of nitrogens with zero attached hydrogens (tertiary/aromatic N) is 1. The van der Waals surface area contributed by atoms with E-state index in [1.807, 2.05) is 20.8 Å². The monoisotopic (exact) mass is 463 g/mol. The van der Waals surface area contributed by atoms with Gasteiger partial charge in [-0.3, -0.25) is 9.59 Å². The number of anilines is 1. The Balaban J connectivity index is 1.77. The van der Waals surface area contributed by atoms with Crippen molar-refractivity contribution >= 4 is 39.1 Å². The van der Waals surface area contributed by atoms with E-state index in [0.717, 1.165) is 12.8 Å². The molecule has 1 aliphatic heterocycles. The number of rotatable bonds is 5. The number of hydrogen-bond donors (Lipinski definition) is 2. The lowest BCUT2D eigenvalue weighted by molar-refractivity contribution is 0.0919. The van der Waals surface area contributed by atoms with E-state index < -0.39 is 15.9 Å². The molecule has 166 valence electrons. The molecule has 0 atom stereocenters. The van der Waals surface area contributed by atoms with E-state index in [0.29, 0.717) is 24.3 Å². The first-order chi connectivity index (χ1) is 14.5. The largest absolute Gasteiger partial charge is 0.347 e. The fourth-order valence-electron chi connectivity index (χ4n) is 3.23. The second-order valence-corrected chi connectivity index (χ2v) is 10.8. The lowest BCUT2D eigenvalue weighted by Gasteiger charge is -2.20. The van der Waals surface area contributed by atoms with E-state index in [1.165, 1.54) is 22.5 Å². The van der Waals surface area contributed by atoms with Crippen LogP contribution in [0.1, 0.15) is 54.3 Å². The van der Waals surface area contributed by atoms with Crippen molar-refractivity contribution in [3.8, 4) is 0 Å². The van der Waals surface area contributed by atoms with E-state index >= 15 is 0 Å². The summed E-state index contributed by atoms with van der Waals surface area (Å²) in [4.78, 5) is 25.0. The number of nitrogens with one attached hydrogen (secondary N) is 2. The third-order valence-electron chi connectivity index (χ3n) is 4.78. The summed E-state index contributed by atoms with van der Waals surface area (Å²) < 4.78 is 27.0. The molecule has 2 aromatic carbocycles. The third-order valence-corrected chi connectivity index (χ3v) is 7.00. The molecule has 0 radical (unpaired) electrons. The maximum Gasteiger partial charge on any atom is 0.257 e. The van der Waals surface area contributed by atoms with Crippen molar-refractivity contribution in [2.75, 3.05) is 18.4 Å². The summed E-state index contributed by atoms with van der Waals surface area (Å²) in [5.74, 6) is -0.747. The zero-order chi connectivity index (χ0) is 22.8. The standard InChI is InChI=1S/C22H26ClN3O4S/c1-22(2,3)25-20(27)15-6-8-16(9-7-15)24-21(28)18-14-17(10-11-19(18)23)31(29,30)26-12-4-5-13-26/h6-11,14H,4-5,12-13H2,1-3H3,(H,24,28)(H,25,27). The molecule has 7 nitrogen and oxygen atoms in total. The van der Waals surface area contributed by atoms with Crippen molar-refractivity contribution in [3.63, 3.8) is 0 Å². The Morgan fingerprint density at radius 2 is 1.58 bits per heavy atom. The molecular formula is C22H26ClN3O4S. The lowest BCUT2D eigenvalue weighted by atomic mass is 10.1. The zero-order valence-corrected chi connectivity index (χ0v) is 19.3. The highest BCUT2D eigenvalue weighted by Gasteiger charge is 2.28. The predicted octanol–water partition coefficient (Wildman–Crippen LogP) is 3.91. The van der Waals surface area contributed by atoms with Crippen molar-refractivity contribution in [1.82, 2.24) is 9.62 Å². The highest BCUT2D eigenvalue weighted by atomic mass is 35.5. The van der Waals surface area contributed by atoms with Gasteiger partial charge < -0.3 is 10.6 Å². The SMILES string of the molecule is CC(C)(C)NC(=O)c1ccc(NC(=O)c2cc(S(=O)(=O)N3CCCC3)ccc2Cl)cc1. The summed E-state index contributed by atoms with van der Waals surface area (Å²) in [5.41, 5.74) is 0.628. The van der Waals surface area contributed by atoms with E-state index in [2.05, 4.69) is 10.6 Å². The van der Waals surface area contributed by atoms with Gasteiger partial charge in [-0.2, -0.15) is 4.31 Å². The van der Waals surface area contributed by atoms with Crippen LogP contribution < -0.4 is 10.6 Å². The molecular weight excluding hydrogens is 438 g/mol. The molecule has 0 saturated carbocycles. The van der Waals surface area contributed by atoms with Gasteiger partial charge in [0.05, 0.1) is 15.5 Å². The van der Waals surface area contributed by atoms with Crippen LogP contribution in [0.25, 0.3) is 0 Å². The molecule has 2 amide bonds. The van der Waals surface area contributed by atoms with Gasteiger partial charge >= 0.3 is 0 Å². The van der Waals surface area contributed by atoms with Gasteiger partial charge in [0.2, 0.25) is 10.0 Å². The normalized spacial score (nSPS) is 15.0. The molecule has 2 aromatic rings. The Morgan fingerprint density at radius 3 is 2.16 bits per heavy atom. The molecule has 3 rings (SSSR count). The van der Waals surface area contributed by atoms with Crippen molar-refractivity contribution < 1.29 is 18.0 Å². The lowest BCUT2D eigenvalue weighted by Crippen LogP contribution is -2.40. The van der Waals surface area contributed by atoms with Gasteiger partial charge in [0.1, 0.15) is 0 Å². The van der Waals surface area contributed by atoms with Crippen LogP contribution in [0.15, 0.2) is 47.4 Å². The van der Waals surface area contributed by atoms with E-state index in [4.69, 9.17) is 11.6 Å². The first-order valence-corrected chi connectivity index (χ1v) is 11.8. The van der Waals surface area contributed by atoms with Gasteiger partial charge in [0.25, 0.3) is 11.8 Å². The minimum absolute atomic E-state index is 0.0400. The summed E-state index contributed by atoms with van der Waals surface area (Å²) in [6, 6.07) is 10.5. The number of sulfonamides is 1. The highest BCUT2D eigenvalue weighted by molar-refractivity contribution is 7.89. The van der Waals surface area contributed by atoms with Crippen LogP contribution in [0, 0.1) is 0 Å². The molecule has 0 aliphatic carbocycles. The van der Waals surface area contributed by atoms with Crippen LogP contribution in [-0.2, 0) is 10.0 Å². The second kappa shape index (κ2) is 8.98. The number of benzene rings is 2. The van der Waals surface area contributed by atoms with Crippen LogP contribution in [0.4, 0.5) is 5.69 Å². The quantitative estimate of drug-likeness (QED) is 0.702. The number of hydrogen-bond acceptors (Lipinski definition) is 4. The van der Waals surface area contributed by atoms with Crippen molar-refractivity contribution in [3.05, 3.63) is 58.6 Å². The van der Waals surface area contributed by atoms with Crippen LogP contribution >= 0.6 is 11.6 Å². The maximum atomic E-state index is 12.8. The second-order valence-electron chi connectivity index (χ2n) is 8.49. The Labute approximate surface area is 187 Å². The molecule has 0 aromatic heterocycles. The summed E-state index contributed by atoms with van der Waals surface area (Å²) in [6.07, 6.45) is 1.65. The van der Waals surface area contributed by atoms with Crippen LogP contribution in [0.3, 0.4) is 0 Å².